The average molecular weight is 317 g/mol. The van der Waals surface area contributed by atoms with Crippen LogP contribution in [0.1, 0.15) is 23.2 Å². The number of rotatable bonds is 4. The van der Waals surface area contributed by atoms with Gasteiger partial charge in [0.25, 0.3) is 11.8 Å². The van der Waals surface area contributed by atoms with Crippen molar-refractivity contribution < 1.29 is 14.3 Å². The summed E-state index contributed by atoms with van der Waals surface area (Å²) in [5.74, 6) is 0.600. The van der Waals surface area contributed by atoms with Gasteiger partial charge in [-0.25, -0.2) is 0 Å². The van der Waals surface area contributed by atoms with E-state index in [1.165, 1.54) is 0 Å². The molecule has 0 spiro atoms. The zero-order valence-electron chi connectivity index (χ0n) is 13.3. The van der Waals surface area contributed by atoms with Crippen LogP contribution in [-0.4, -0.2) is 67.5 Å². The molecule has 0 bridgehead atoms. The summed E-state index contributed by atoms with van der Waals surface area (Å²) in [4.78, 5) is 28.1. The Bertz CT molecular complexity index is 564. The molecule has 0 unspecified atom stereocenters. The molecular formula is C17H23N3O3. The third-order valence-corrected chi connectivity index (χ3v) is 4.31. The van der Waals surface area contributed by atoms with Gasteiger partial charge in [0, 0.05) is 44.8 Å². The largest absolute Gasteiger partial charge is 0.484 e. The predicted molar refractivity (Wildman–Crippen MR) is 86.5 cm³/mol. The molecule has 0 saturated carbocycles. The van der Waals surface area contributed by atoms with E-state index in [9.17, 15) is 9.59 Å². The van der Waals surface area contributed by atoms with Crippen LogP contribution in [0.2, 0.25) is 0 Å². The van der Waals surface area contributed by atoms with Crippen LogP contribution < -0.4 is 10.1 Å². The molecule has 0 aliphatic carbocycles. The number of ether oxygens (including phenoxy) is 1. The van der Waals surface area contributed by atoms with Gasteiger partial charge >= 0.3 is 0 Å². The molecule has 2 aliphatic rings. The molecule has 6 heteroatoms. The van der Waals surface area contributed by atoms with Gasteiger partial charge < -0.3 is 19.9 Å². The van der Waals surface area contributed by atoms with Crippen molar-refractivity contribution in [2.24, 2.45) is 0 Å². The zero-order chi connectivity index (χ0) is 16.1. The Morgan fingerprint density at radius 1 is 1.04 bits per heavy atom. The summed E-state index contributed by atoms with van der Waals surface area (Å²) in [5, 5.41) is 3.21. The number of hydrogen-bond acceptors (Lipinski definition) is 4. The van der Waals surface area contributed by atoms with Gasteiger partial charge in [-0.05, 0) is 31.0 Å². The highest BCUT2D eigenvalue weighted by molar-refractivity contribution is 5.94. The summed E-state index contributed by atoms with van der Waals surface area (Å²) < 4.78 is 5.59. The van der Waals surface area contributed by atoms with Crippen molar-refractivity contribution in [3.8, 4) is 5.75 Å². The predicted octanol–water partition coefficient (Wildman–Crippen LogP) is 0.733. The summed E-state index contributed by atoms with van der Waals surface area (Å²) in [6.45, 7) is 4.75. The Kier molecular flexibility index (Phi) is 5.12. The first-order valence-corrected chi connectivity index (χ1v) is 8.25. The molecule has 23 heavy (non-hydrogen) atoms. The van der Waals surface area contributed by atoms with Gasteiger partial charge in [-0.2, -0.15) is 0 Å². The van der Waals surface area contributed by atoms with E-state index in [-0.39, 0.29) is 18.4 Å². The molecule has 0 aromatic heterocycles. The molecule has 1 aromatic rings. The minimum atomic E-state index is -0.0113. The molecule has 2 fully saturated rings. The summed E-state index contributed by atoms with van der Waals surface area (Å²) in [6.07, 6.45) is 2.14. The lowest BCUT2D eigenvalue weighted by molar-refractivity contribution is -0.133. The van der Waals surface area contributed by atoms with Gasteiger partial charge in [-0.3, -0.25) is 9.59 Å². The molecule has 0 radical (unpaired) electrons. The van der Waals surface area contributed by atoms with Crippen LogP contribution in [0.15, 0.2) is 24.3 Å². The highest BCUT2D eigenvalue weighted by Gasteiger charge is 2.20. The van der Waals surface area contributed by atoms with E-state index < -0.39 is 0 Å². The summed E-state index contributed by atoms with van der Waals surface area (Å²) >= 11 is 0. The third-order valence-electron chi connectivity index (χ3n) is 4.31. The fourth-order valence-electron chi connectivity index (χ4n) is 2.97. The molecule has 3 rings (SSSR count). The average Bonchev–Trinajstić information content (AvgIpc) is 3.14. The maximum Gasteiger partial charge on any atom is 0.260 e. The van der Waals surface area contributed by atoms with Crippen molar-refractivity contribution in [3.05, 3.63) is 29.8 Å². The van der Waals surface area contributed by atoms with E-state index in [1.54, 1.807) is 29.2 Å². The minimum absolute atomic E-state index is 0.0113. The van der Waals surface area contributed by atoms with Gasteiger partial charge in [0.15, 0.2) is 6.61 Å². The second kappa shape index (κ2) is 7.46. The minimum Gasteiger partial charge on any atom is -0.484 e. The van der Waals surface area contributed by atoms with Crippen LogP contribution in [0.4, 0.5) is 0 Å². The normalized spacial score (nSPS) is 18.1. The molecule has 2 amide bonds. The third kappa shape index (κ3) is 4.01. The summed E-state index contributed by atoms with van der Waals surface area (Å²) in [7, 11) is 0. The standard InChI is InChI=1S/C17H23N3O3/c21-16(19-10-6-18-7-11-19)13-23-15-5-3-4-14(12-15)17(22)20-8-1-2-9-20/h3-5,12,18H,1-2,6-11,13H2. The van der Waals surface area contributed by atoms with E-state index in [1.807, 2.05) is 4.90 Å². The number of benzene rings is 1. The van der Waals surface area contributed by atoms with Gasteiger partial charge in [0.1, 0.15) is 5.75 Å². The molecule has 2 aliphatic heterocycles. The van der Waals surface area contributed by atoms with E-state index in [4.69, 9.17) is 4.74 Å². The van der Waals surface area contributed by atoms with Crippen LogP contribution in [0.5, 0.6) is 5.75 Å². The molecule has 6 nitrogen and oxygen atoms in total. The monoisotopic (exact) mass is 317 g/mol. The molecule has 1 aromatic carbocycles. The lowest BCUT2D eigenvalue weighted by atomic mass is 10.2. The van der Waals surface area contributed by atoms with Gasteiger partial charge in [-0.15, -0.1) is 0 Å². The Morgan fingerprint density at radius 3 is 2.52 bits per heavy atom. The number of amides is 2. The zero-order valence-corrected chi connectivity index (χ0v) is 13.3. The molecule has 1 N–H and O–H groups in total. The SMILES string of the molecule is O=C(COc1cccc(C(=O)N2CCCC2)c1)N1CCNCC1. The van der Waals surface area contributed by atoms with E-state index in [0.29, 0.717) is 11.3 Å². The molecule has 2 heterocycles. The first-order chi connectivity index (χ1) is 11.2. The van der Waals surface area contributed by atoms with Crippen LogP contribution in [0.25, 0.3) is 0 Å². The van der Waals surface area contributed by atoms with Crippen molar-refractivity contribution in [2.75, 3.05) is 45.9 Å². The molecule has 124 valence electrons. The second-order valence-corrected chi connectivity index (χ2v) is 5.95. The topological polar surface area (TPSA) is 61.9 Å². The Morgan fingerprint density at radius 2 is 1.78 bits per heavy atom. The maximum absolute atomic E-state index is 12.4. The van der Waals surface area contributed by atoms with Gasteiger partial charge in [0.05, 0.1) is 0 Å². The molecule has 0 atom stereocenters. The van der Waals surface area contributed by atoms with Crippen LogP contribution in [-0.2, 0) is 4.79 Å². The number of hydrogen-bond donors (Lipinski definition) is 1. The first kappa shape index (κ1) is 15.8. The quantitative estimate of drug-likeness (QED) is 0.889. The number of piperazine rings is 1. The highest BCUT2D eigenvalue weighted by atomic mass is 16.5. The summed E-state index contributed by atoms with van der Waals surface area (Å²) in [5.41, 5.74) is 0.624. The van der Waals surface area contributed by atoms with Crippen LogP contribution in [0, 0.1) is 0 Å². The Labute approximate surface area is 136 Å². The number of nitrogens with one attached hydrogen (secondary N) is 1. The molecule has 2 saturated heterocycles. The van der Waals surface area contributed by atoms with E-state index in [0.717, 1.165) is 52.1 Å². The number of carbonyl (C=O) groups is 2. The van der Waals surface area contributed by atoms with E-state index in [2.05, 4.69) is 5.32 Å². The van der Waals surface area contributed by atoms with Crippen molar-refractivity contribution >= 4 is 11.8 Å². The Hall–Kier alpha value is -2.08. The van der Waals surface area contributed by atoms with Crippen LogP contribution in [0.3, 0.4) is 0 Å². The second-order valence-electron chi connectivity index (χ2n) is 5.95. The van der Waals surface area contributed by atoms with Gasteiger partial charge in [0.2, 0.25) is 0 Å². The van der Waals surface area contributed by atoms with E-state index >= 15 is 0 Å². The van der Waals surface area contributed by atoms with Crippen LogP contribution >= 0.6 is 0 Å². The fourth-order valence-corrected chi connectivity index (χ4v) is 2.97. The van der Waals surface area contributed by atoms with Crippen molar-refractivity contribution in [2.45, 2.75) is 12.8 Å². The number of carbonyl (C=O) groups excluding carboxylic acids is 2. The van der Waals surface area contributed by atoms with Crippen molar-refractivity contribution in [1.82, 2.24) is 15.1 Å². The lowest BCUT2D eigenvalue weighted by Crippen LogP contribution is -2.47. The lowest BCUT2D eigenvalue weighted by Gasteiger charge is -2.27. The van der Waals surface area contributed by atoms with Crippen molar-refractivity contribution in [1.29, 1.82) is 0 Å². The molecular weight excluding hydrogens is 294 g/mol. The summed E-state index contributed by atoms with van der Waals surface area (Å²) in [6, 6.07) is 7.11. The number of likely N-dealkylation sites (tertiary alicyclic amines) is 1. The fraction of sp³-hybridized carbons (Fsp3) is 0.529. The van der Waals surface area contributed by atoms with Gasteiger partial charge in [-0.1, -0.05) is 6.07 Å². The Balaban J connectivity index is 1.56. The highest BCUT2D eigenvalue weighted by Crippen LogP contribution is 2.18. The first-order valence-electron chi connectivity index (χ1n) is 8.25. The number of nitrogens with zero attached hydrogens (tertiary/aromatic N) is 2. The van der Waals surface area contributed by atoms with Crippen molar-refractivity contribution in [3.63, 3.8) is 0 Å². The maximum atomic E-state index is 12.4. The smallest absolute Gasteiger partial charge is 0.260 e.